The number of nitrogens with zero attached hydrogens (tertiary/aromatic N) is 2. The van der Waals surface area contributed by atoms with E-state index in [2.05, 4.69) is 31.8 Å². The van der Waals surface area contributed by atoms with Crippen molar-refractivity contribution in [1.82, 2.24) is 4.90 Å². The predicted octanol–water partition coefficient (Wildman–Crippen LogP) is 2.22. The van der Waals surface area contributed by atoms with Crippen molar-refractivity contribution in [3.63, 3.8) is 0 Å². The molecule has 0 radical (unpaired) electrons. The van der Waals surface area contributed by atoms with E-state index in [-0.39, 0.29) is 6.10 Å². The highest BCUT2D eigenvalue weighted by Gasteiger charge is 2.19. The molecule has 1 unspecified atom stereocenters. The van der Waals surface area contributed by atoms with Gasteiger partial charge in [0, 0.05) is 48.8 Å². The number of rotatable bonds is 4. The van der Waals surface area contributed by atoms with E-state index in [1.807, 2.05) is 18.2 Å². The molecule has 1 aromatic rings. The Morgan fingerprint density at radius 1 is 1.28 bits per heavy atom. The van der Waals surface area contributed by atoms with Crippen LogP contribution in [0.5, 0.6) is 0 Å². The van der Waals surface area contributed by atoms with Crippen molar-refractivity contribution in [3.05, 3.63) is 29.3 Å². The molecular weight excluding hydrogens is 316 g/mol. The summed E-state index contributed by atoms with van der Waals surface area (Å²) in [5.74, 6) is 0. The third-order valence-electron chi connectivity index (χ3n) is 3.19. The third-order valence-corrected chi connectivity index (χ3v) is 4.18. The van der Waals surface area contributed by atoms with Gasteiger partial charge in [-0.25, -0.2) is 0 Å². The molecule has 1 aromatic carbocycles. The van der Waals surface area contributed by atoms with Crippen molar-refractivity contribution in [2.75, 3.05) is 43.0 Å². The van der Waals surface area contributed by atoms with Gasteiger partial charge in [-0.15, -0.1) is 0 Å². The van der Waals surface area contributed by atoms with Crippen molar-refractivity contribution >= 4 is 33.2 Å². The van der Waals surface area contributed by atoms with Crippen LogP contribution < -0.4 is 4.90 Å². The van der Waals surface area contributed by atoms with E-state index in [0.717, 1.165) is 37.7 Å². The van der Waals surface area contributed by atoms with Crippen LogP contribution in [0.2, 0.25) is 5.02 Å². The lowest BCUT2D eigenvalue weighted by atomic mass is 10.2. The number of alkyl halides is 1. The highest BCUT2D eigenvalue weighted by Crippen LogP contribution is 2.20. The molecule has 18 heavy (non-hydrogen) atoms. The Balaban J connectivity index is 1.87. The van der Waals surface area contributed by atoms with Crippen LogP contribution in [0, 0.1) is 0 Å². The summed E-state index contributed by atoms with van der Waals surface area (Å²) in [7, 11) is 0. The van der Waals surface area contributed by atoms with Gasteiger partial charge >= 0.3 is 0 Å². The van der Waals surface area contributed by atoms with Crippen LogP contribution in [0.4, 0.5) is 5.69 Å². The maximum atomic E-state index is 9.61. The number of β-amino-alcohol motifs (C(OH)–C–C–N with tert-alkyl or cyclic N) is 1. The summed E-state index contributed by atoms with van der Waals surface area (Å²) < 4.78 is 0. The smallest absolute Gasteiger partial charge is 0.0763 e. The highest BCUT2D eigenvalue weighted by molar-refractivity contribution is 9.09. The molecule has 1 N–H and O–H groups in total. The fourth-order valence-electron chi connectivity index (χ4n) is 2.21. The van der Waals surface area contributed by atoms with E-state index in [1.54, 1.807) is 0 Å². The zero-order valence-corrected chi connectivity index (χ0v) is 12.6. The summed E-state index contributed by atoms with van der Waals surface area (Å²) >= 11 is 9.30. The van der Waals surface area contributed by atoms with E-state index in [0.29, 0.717) is 5.33 Å². The molecule has 1 aliphatic rings. The lowest BCUT2D eigenvalue weighted by Crippen LogP contribution is -2.48. The number of aliphatic hydroxyl groups is 1. The van der Waals surface area contributed by atoms with Gasteiger partial charge in [-0.1, -0.05) is 33.6 Å². The van der Waals surface area contributed by atoms with Crippen LogP contribution in [0.15, 0.2) is 24.3 Å². The Morgan fingerprint density at radius 2 is 2.00 bits per heavy atom. The van der Waals surface area contributed by atoms with Crippen LogP contribution in [0.3, 0.4) is 0 Å². The summed E-state index contributed by atoms with van der Waals surface area (Å²) in [4.78, 5) is 4.63. The minimum Gasteiger partial charge on any atom is -0.391 e. The zero-order valence-electron chi connectivity index (χ0n) is 10.2. The first-order valence-electron chi connectivity index (χ1n) is 6.16. The van der Waals surface area contributed by atoms with E-state index in [9.17, 15) is 5.11 Å². The Kier molecular flexibility index (Phi) is 5.30. The molecule has 0 spiro atoms. The molecule has 1 atom stereocenters. The molecule has 5 heteroatoms. The van der Waals surface area contributed by atoms with E-state index < -0.39 is 0 Å². The minimum absolute atomic E-state index is 0.275. The van der Waals surface area contributed by atoms with Crippen LogP contribution in [-0.2, 0) is 0 Å². The monoisotopic (exact) mass is 332 g/mol. The quantitative estimate of drug-likeness (QED) is 0.856. The fourth-order valence-corrected chi connectivity index (χ4v) is 2.60. The number of aliphatic hydroxyl groups excluding tert-OH is 1. The minimum atomic E-state index is -0.275. The van der Waals surface area contributed by atoms with Gasteiger partial charge in [0.25, 0.3) is 0 Å². The molecule has 0 aliphatic carbocycles. The molecule has 100 valence electrons. The number of anilines is 1. The average molecular weight is 334 g/mol. The molecule has 1 heterocycles. The van der Waals surface area contributed by atoms with Gasteiger partial charge < -0.3 is 10.0 Å². The van der Waals surface area contributed by atoms with Crippen molar-refractivity contribution in [2.45, 2.75) is 6.10 Å². The summed E-state index contributed by atoms with van der Waals surface area (Å²) in [6.45, 7) is 4.67. The maximum absolute atomic E-state index is 9.61. The van der Waals surface area contributed by atoms with Crippen molar-refractivity contribution in [3.8, 4) is 0 Å². The van der Waals surface area contributed by atoms with Gasteiger partial charge in [-0.2, -0.15) is 0 Å². The van der Waals surface area contributed by atoms with Gasteiger partial charge in [0.15, 0.2) is 0 Å². The van der Waals surface area contributed by atoms with Crippen molar-refractivity contribution in [1.29, 1.82) is 0 Å². The number of piperazine rings is 1. The maximum Gasteiger partial charge on any atom is 0.0763 e. The Bertz CT molecular complexity index is 383. The second-order valence-electron chi connectivity index (χ2n) is 4.58. The fraction of sp³-hybridized carbons (Fsp3) is 0.538. The van der Waals surface area contributed by atoms with Crippen molar-refractivity contribution < 1.29 is 5.11 Å². The highest BCUT2D eigenvalue weighted by atomic mass is 79.9. The molecule has 0 amide bonds. The standard InChI is InChI=1S/C13H18BrClN2O/c14-9-13(18)10-16-4-6-17(7-5-16)12-3-1-2-11(15)8-12/h1-3,8,13,18H,4-7,9-10H2. The number of halogens is 2. The van der Waals surface area contributed by atoms with Gasteiger partial charge in [0.1, 0.15) is 0 Å². The first-order chi connectivity index (χ1) is 8.69. The predicted molar refractivity (Wildman–Crippen MR) is 79.9 cm³/mol. The number of hydrogen-bond acceptors (Lipinski definition) is 3. The largest absolute Gasteiger partial charge is 0.391 e. The SMILES string of the molecule is OC(CBr)CN1CCN(c2cccc(Cl)c2)CC1. The molecular formula is C13H18BrClN2O. The van der Waals surface area contributed by atoms with Crippen LogP contribution in [0.1, 0.15) is 0 Å². The normalized spacial score (nSPS) is 18.9. The number of hydrogen-bond donors (Lipinski definition) is 1. The summed E-state index contributed by atoms with van der Waals surface area (Å²) in [5.41, 5.74) is 1.18. The van der Waals surface area contributed by atoms with E-state index >= 15 is 0 Å². The van der Waals surface area contributed by atoms with Crippen LogP contribution in [-0.4, -0.2) is 54.2 Å². The van der Waals surface area contributed by atoms with Gasteiger partial charge in [0.05, 0.1) is 6.10 Å². The molecule has 1 aliphatic heterocycles. The summed E-state index contributed by atoms with van der Waals surface area (Å²) in [5, 5.41) is 11.0. The Hall–Kier alpha value is -0.290. The van der Waals surface area contributed by atoms with E-state index in [1.165, 1.54) is 5.69 Å². The van der Waals surface area contributed by atoms with Gasteiger partial charge in [0.2, 0.25) is 0 Å². The zero-order chi connectivity index (χ0) is 13.0. The van der Waals surface area contributed by atoms with Crippen LogP contribution >= 0.6 is 27.5 Å². The van der Waals surface area contributed by atoms with Crippen molar-refractivity contribution in [2.24, 2.45) is 0 Å². The first kappa shape index (κ1) is 14.1. The first-order valence-corrected chi connectivity index (χ1v) is 7.66. The van der Waals surface area contributed by atoms with Gasteiger partial charge in [-0.3, -0.25) is 4.90 Å². The van der Waals surface area contributed by atoms with E-state index in [4.69, 9.17) is 11.6 Å². The lowest BCUT2D eigenvalue weighted by Gasteiger charge is -2.36. The second kappa shape index (κ2) is 6.75. The average Bonchev–Trinajstić information content (AvgIpc) is 2.39. The molecule has 1 fully saturated rings. The van der Waals surface area contributed by atoms with Gasteiger partial charge in [-0.05, 0) is 18.2 Å². The molecule has 0 saturated carbocycles. The molecule has 1 saturated heterocycles. The third kappa shape index (κ3) is 3.85. The summed E-state index contributed by atoms with van der Waals surface area (Å²) in [6.07, 6.45) is -0.275. The summed E-state index contributed by atoms with van der Waals surface area (Å²) in [6, 6.07) is 7.98. The van der Waals surface area contributed by atoms with Crippen LogP contribution in [0.25, 0.3) is 0 Å². The Labute approximate surface area is 121 Å². The Morgan fingerprint density at radius 3 is 2.61 bits per heavy atom. The molecule has 3 nitrogen and oxygen atoms in total. The molecule has 0 aromatic heterocycles. The molecule has 0 bridgehead atoms. The number of benzene rings is 1. The second-order valence-corrected chi connectivity index (χ2v) is 5.66. The topological polar surface area (TPSA) is 26.7 Å². The lowest BCUT2D eigenvalue weighted by molar-refractivity contribution is 0.127. The molecule has 2 rings (SSSR count).